The molecule has 1 amide bonds. The van der Waals surface area contributed by atoms with Crippen molar-refractivity contribution in [2.24, 2.45) is 0 Å². The maximum absolute atomic E-state index is 11.9. The number of carbonyl (C=O) groups excluding carboxylic acids is 1. The van der Waals surface area contributed by atoms with E-state index in [9.17, 15) is 9.59 Å². The highest BCUT2D eigenvalue weighted by Crippen LogP contribution is 2.17. The van der Waals surface area contributed by atoms with Crippen molar-refractivity contribution in [2.45, 2.75) is 6.42 Å². The number of carboxylic acid groups (broad SMARTS) is 1. The van der Waals surface area contributed by atoms with Crippen LogP contribution in [0.2, 0.25) is 0 Å². The normalized spacial score (nSPS) is 10.1. The monoisotopic (exact) mass is 293 g/mol. The van der Waals surface area contributed by atoms with Gasteiger partial charge in [0.05, 0.1) is 24.8 Å². The van der Waals surface area contributed by atoms with Gasteiger partial charge in [-0.05, 0) is 6.07 Å². The first-order chi connectivity index (χ1) is 9.58. The van der Waals surface area contributed by atoms with Crippen LogP contribution in [-0.4, -0.2) is 34.1 Å². The molecule has 0 saturated carbocycles. The Hall–Kier alpha value is -2.48. The number of pyridine rings is 1. The van der Waals surface area contributed by atoms with Crippen LogP contribution in [0.5, 0.6) is 5.88 Å². The molecule has 0 saturated heterocycles. The average molecular weight is 293 g/mol. The van der Waals surface area contributed by atoms with Gasteiger partial charge in [-0.3, -0.25) is 14.9 Å². The predicted molar refractivity (Wildman–Crippen MR) is 72.2 cm³/mol. The van der Waals surface area contributed by atoms with E-state index in [1.54, 1.807) is 17.5 Å². The van der Waals surface area contributed by atoms with Gasteiger partial charge in [-0.25, -0.2) is 9.97 Å². The SMILES string of the molecule is COc1ccc(C(=O)Nc2nc(CC(=O)O)cs2)cn1. The van der Waals surface area contributed by atoms with Crippen LogP contribution in [0.4, 0.5) is 5.13 Å². The molecule has 0 spiro atoms. The van der Waals surface area contributed by atoms with Crippen LogP contribution in [0, 0.1) is 0 Å². The first-order valence-corrected chi connectivity index (χ1v) is 6.44. The molecule has 0 bridgehead atoms. The fourth-order valence-electron chi connectivity index (χ4n) is 1.41. The van der Waals surface area contributed by atoms with Crippen molar-refractivity contribution in [3.05, 3.63) is 35.0 Å². The number of anilines is 1. The van der Waals surface area contributed by atoms with E-state index in [0.717, 1.165) is 0 Å². The van der Waals surface area contributed by atoms with Crippen molar-refractivity contribution >= 4 is 28.3 Å². The number of nitrogens with one attached hydrogen (secondary N) is 1. The minimum absolute atomic E-state index is 0.170. The Morgan fingerprint density at radius 1 is 1.45 bits per heavy atom. The summed E-state index contributed by atoms with van der Waals surface area (Å²) in [7, 11) is 1.49. The van der Waals surface area contributed by atoms with Crippen molar-refractivity contribution in [1.29, 1.82) is 0 Å². The second-order valence-corrected chi connectivity index (χ2v) is 4.62. The summed E-state index contributed by atoms with van der Waals surface area (Å²) in [5.41, 5.74) is 0.770. The zero-order valence-electron chi connectivity index (χ0n) is 10.5. The Bertz CT molecular complexity index is 624. The molecule has 0 aromatic carbocycles. The highest BCUT2D eigenvalue weighted by Gasteiger charge is 2.11. The van der Waals surface area contributed by atoms with Crippen LogP contribution >= 0.6 is 11.3 Å². The van der Waals surface area contributed by atoms with E-state index < -0.39 is 5.97 Å². The first kappa shape index (κ1) is 13.9. The molecule has 2 rings (SSSR count). The number of carboxylic acids is 1. The topological polar surface area (TPSA) is 101 Å². The van der Waals surface area contributed by atoms with E-state index in [4.69, 9.17) is 9.84 Å². The zero-order chi connectivity index (χ0) is 14.5. The Balaban J connectivity index is 2.03. The summed E-state index contributed by atoms with van der Waals surface area (Å²) in [6, 6.07) is 3.15. The standard InChI is InChI=1S/C12H11N3O4S/c1-19-9-3-2-7(5-13-9)11(18)15-12-14-8(6-20-12)4-10(16)17/h2-3,5-6H,4H2,1H3,(H,16,17)(H,14,15,18). The summed E-state index contributed by atoms with van der Waals surface area (Å²) < 4.78 is 4.90. The Morgan fingerprint density at radius 2 is 2.25 bits per heavy atom. The third kappa shape index (κ3) is 3.51. The van der Waals surface area contributed by atoms with E-state index in [-0.39, 0.29) is 12.3 Å². The molecule has 0 unspecified atom stereocenters. The van der Waals surface area contributed by atoms with Crippen LogP contribution in [0.15, 0.2) is 23.7 Å². The molecule has 0 fully saturated rings. The fourth-order valence-corrected chi connectivity index (χ4v) is 2.11. The second kappa shape index (κ2) is 6.11. The third-order valence-electron chi connectivity index (χ3n) is 2.31. The van der Waals surface area contributed by atoms with Gasteiger partial charge in [0.15, 0.2) is 5.13 Å². The molecular formula is C12H11N3O4S. The number of hydrogen-bond acceptors (Lipinski definition) is 6. The van der Waals surface area contributed by atoms with Crippen molar-refractivity contribution in [3.8, 4) is 5.88 Å². The highest BCUT2D eigenvalue weighted by molar-refractivity contribution is 7.14. The zero-order valence-corrected chi connectivity index (χ0v) is 11.3. The second-order valence-electron chi connectivity index (χ2n) is 3.76. The number of hydrogen-bond donors (Lipinski definition) is 2. The van der Waals surface area contributed by atoms with E-state index in [1.807, 2.05) is 0 Å². The number of methoxy groups -OCH3 is 1. The first-order valence-electron chi connectivity index (χ1n) is 5.56. The lowest BCUT2D eigenvalue weighted by Crippen LogP contribution is -2.12. The molecule has 7 nitrogen and oxygen atoms in total. The molecule has 2 N–H and O–H groups in total. The lowest BCUT2D eigenvalue weighted by atomic mass is 10.3. The number of aliphatic carboxylic acids is 1. The van der Waals surface area contributed by atoms with Crippen molar-refractivity contribution in [3.63, 3.8) is 0 Å². The molecular weight excluding hydrogens is 282 g/mol. The maximum atomic E-state index is 11.9. The number of ether oxygens (including phenoxy) is 1. The van der Waals surface area contributed by atoms with E-state index in [2.05, 4.69) is 15.3 Å². The number of thiazole rings is 1. The van der Waals surface area contributed by atoms with Gasteiger partial charge >= 0.3 is 5.97 Å². The largest absolute Gasteiger partial charge is 0.481 e. The molecule has 20 heavy (non-hydrogen) atoms. The van der Waals surface area contributed by atoms with Gasteiger partial charge in [0.25, 0.3) is 5.91 Å². The molecule has 0 aliphatic carbocycles. The lowest BCUT2D eigenvalue weighted by Gasteiger charge is -2.02. The predicted octanol–water partition coefficient (Wildman–Crippen LogP) is 1.43. The summed E-state index contributed by atoms with van der Waals surface area (Å²) in [5, 5.41) is 13.2. The Labute approximate surface area is 118 Å². The minimum atomic E-state index is -0.965. The molecule has 0 aliphatic heterocycles. The summed E-state index contributed by atoms with van der Waals surface area (Å²) in [4.78, 5) is 30.4. The number of rotatable bonds is 5. The van der Waals surface area contributed by atoms with Crippen LogP contribution in [0.3, 0.4) is 0 Å². The molecule has 2 heterocycles. The van der Waals surface area contributed by atoms with Crippen molar-refractivity contribution in [1.82, 2.24) is 9.97 Å². The summed E-state index contributed by atoms with van der Waals surface area (Å²) in [5.74, 6) is -0.913. The molecule has 0 aliphatic rings. The number of carbonyl (C=O) groups is 2. The number of nitrogens with zero attached hydrogens (tertiary/aromatic N) is 2. The van der Waals surface area contributed by atoms with Gasteiger partial charge in [-0.15, -0.1) is 11.3 Å². The van der Waals surface area contributed by atoms with Crippen molar-refractivity contribution < 1.29 is 19.4 Å². The smallest absolute Gasteiger partial charge is 0.309 e. The molecule has 2 aromatic rings. The van der Waals surface area contributed by atoms with Crippen LogP contribution in [-0.2, 0) is 11.2 Å². The maximum Gasteiger partial charge on any atom is 0.309 e. The van der Waals surface area contributed by atoms with E-state index in [0.29, 0.717) is 22.3 Å². The van der Waals surface area contributed by atoms with Crippen LogP contribution < -0.4 is 10.1 Å². The molecule has 2 aromatic heterocycles. The van der Waals surface area contributed by atoms with E-state index in [1.165, 1.54) is 24.6 Å². The number of amides is 1. The van der Waals surface area contributed by atoms with Crippen molar-refractivity contribution in [2.75, 3.05) is 12.4 Å². The molecule has 0 radical (unpaired) electrons. The van der Waals surface area contributed by atoms with Gasteiger partial charge < -0.3 is 9.84 Å². The minimum Gasteiger partial charge on any atom is -0.481 e. The molecule has 104 valence electrons. The van der Waals surface area contributed by atoms with E-state index >= 15 is 0 Å². The molecule has 0 atom stereocenters. The highest BCUT2D eigenvalue weighted by atomic mass is 32.1. The quantitative estimate of drug-likeness (QED) is 0.864. The van der Waals surface area contributed by atoms with Gasteiger partial charge in [0.1, 0.15) is 0 Å². The number of aromatic nitrogens is 2. The Morgan fingerprint density at radius 3 is 2.85 bits per heavy atom. The third-order valence-corrected chi connectivity index (χ3v) is 3.12. The lowest BCUT2D eigenvalue weighted by molar-refractivity contribution is -0.136. The Kier molecular flexibility index (Phi) is 4.26. The van der Waals surface area contributed by atoms with Crippen LogP contribution in [0.25, 0.3) is 0 Å². The van der Waals surface area contributed by atoms with Gasteiger partial charge in [-0.1, -0.05) is 0 Å². The summed E-state index contributed by atoms with van der Waals surface area (Å²) >= 11 is 1.17. The molecule has 8 heteroatoms. The summed E-state index contributed by atoms with van der Waals surface area (Å²) in [6.45, 7) is 0. The van der Waals surface area contributed by atoms with Crippen LogP contribution in [0.1, 0.15) is 16.1 Å². The van der Waals surface area contributed by atoms with Gasteiger partial charge in [-0.2, -0.15) is 0 Å². The summed E-state index contributed by atoms with van der Waals surface area (Å²) in [6.07, 6.45) is 1.22. The van der Waals surface area contributed by atoms with Gasteiger partial charge in [0, 0.05) is 17.6 Å². The fraction of sp³-hybridized carbons (Fsp3) is 0.167. The average Bonchev–Trinajstić information content (AvgIpc) is 2.85. The van der Waals surface area contributed by atoms with Gasteiger partial charge in [0.2, 0.25) is 5.88 Å².